The fourth-order valence-electron chi connectivity index (χ4n) is 3.45. The average molecular weight is 555 g/mol. The zero-order valence-corrected chi connectivity index (χ0v) is 22.4. The summed E-state index contributed by atoms with van der Waals surface area (Å²) in [4.78, 5) is 24.9. The van der Waals surface area contributed by atoms with E-state index in [9.17, 15) is 18.0 Å². The number of ether oxygens (including phenoxy) is 1. The minimum atomic E-state index is -3.65. The minimum Gasteiger partial charge on any atom is -0.462 e. The molecule has 38 heavy (non-hydrogen) atoms. The molecule has 11 nitrogen and oxygen atoms in total. The zero-order valence-electron chi connectivity index (χ0n) is 20.7. The number of benzene rings is 2. The first-order valence-corrected chi connectivity index (χ1v) is 14.2. The number of sulfonamides is 1. The van der Waals surface area contributed by atoms with Gasteiger partial charge in [-0.15, -0.1) is 10.2 Å². The SMILES string of the molecule is CCOC(=O)c1ccccc1NC(=O)CSc1ccc2nnc(CCNS(=O)(=O)c3ccc(C)cc3)n2n1. The van der Waals surface area contributed by atoms with Crippen LogP contribution in [0.2, 0.25) is 0 Å². The van der Waals surface area contributed by atoms with Gasteiger partial charge in [0.1, 0.15) is 5.03 Å². The summed E-state index contributed by atoms with van der Waals surface area (Å²) < 4.78 is 34.2. The Morgan fingerprint density at radius 2 is 1.79 bits per heavy atom. The first-order valence-electron chi connectivity index (χ1n) is 11.7. The minimum absolute atomic E-state index is 0.0451. The van der Waals surface area contributed by atoms with E-state index in [2.05, 4.69) is 25.3 Å². The van der Waals surface area contributed by atoms with Gasteiger partial charge in [-0.1, -0.05) is 41.6 Å². The Kier molecular flexibility index (Phi) is 8.71. The predicted octanol–water partition coefficient (Wildman–Crippen LogP) is 2.86. The van der Waals surface area contributed by atoms with Gasteiger partial charge in [-0.3, -0.25) is 4.79 Å². The van der Waals surface area contributed by atoms with Crippen molar-refractivity contribution in [1.29, 1.82) is 0 Å². The van der Waals surface area contributed by atoms with E-state index in [1.807, 2.05) is 6.92 Å². The second-order valence-corrected chi connectivity index (χ2v) is 10.9. The number of anilines is 1. The van der Waals surface area contributed by atoms with Gasteiger partial charge in [0.25, 0.3) is 0 Å². The van der Waals surface area contributed by atoms with Crippen LogP contribution >= 0.6 is 11.8 Å². The topological polar surface area (TPSA) is 145 Å². The van der Waals surface area contributed by atoms with E-state index in [0.717, 1.165) is 5.56 Å². The van der Waals surface area contributed by atoms with Crippen molar-refractivity contribution < 1.29 is 22.7 Å². The van der Waals surface area contributed by atoms with Crippen LogP contribution in [0.15, 0.2) is 70.6 Å². The van der Waals surface area contributed by atoms with Gasteiger partial charge in [0, 0.05) is 13.0 Å². The van der Waals surface area contributed by atoms with E-state index in [1.54, 1.807) is 67.6 Å². The fraction of sp³-hybridized carbons (Fsp3) is 0.240. The highest BCUT2D eigenvalue weighted by Gasteiger charge is 2.16. The molecule has 4 rings (SSSR count). The lowest BCUT2D eigenvalue weighted by atomic mass is 10.2. The average Bonchev–Trinajstić information content (AvgIpc) is 3.30. The number of aromatic nitrogens is 4. The van der Waals surface area contributed by atoms with Gasteiger partial charge in [-0.25, -0.2) is 17.9 Å². The molecule has 2 N–H and O–H groups in total. The van der Waals surface area contributed by atoms with Gasteiger partial charge < -0.3 is 10.1 Å². The molecule has 4 aromatic rings. The van der Waals surface area contributed by atoms with Gasteiger partial charge in [-0.2, -0.15) is 9.61 Å². The smallest absolute Gasteiger partial charge is 0.340 e. The molecule has 2 heterocycles. The molecule has 198 valence electrons. The van der Waals surface area contributed by atoms with Crippen molar-refractivity contribution in [2.45, 2.75) is 30.2 Å². The standard InChI is InChI=1S/C25H26N6O5S2/c1-3-36-25(33)19-6-4-5-7-20(19)27-23(32)16-37-24-13-12-21-28-29-22(31(21)30-24)14-15-26-38(34,35)18-10-8-17(2)9-11-18/h4-13,26H,3,14-16H2,1-2H3,(H,27,32). The molecule has 0 bridgehead atoms. The normalized spacial score (nSPS) is 11.4. The molecule has 13 heteroatoms. The lowest BCUT2D eigenvalue weighted by molar-refractivity contribution is -0.113. The van der Waals surface area contributed by atoms with Crippen LogP contribution < -0.4 is 10.0 Å². The van der Waals surface area contributed by atoms with Crippen LogP contribution in [0, 0.1) is 6.92 Å². The number of nitrogens with zero attached hydrogens (tertiary/aromatic N) is 4. The molecule has 0 radical (unpaired) electrons. The van der Waals surface area contributed by atoms with E-state index in [-0.39, 0.29) is 41.7 Å². The third-order valence-electron chi connectivity index (χ3n) is 5.32. The molecule has 0 spiro atoms. The quantitative estimate of drug-likeness (QED) is 0.211. The number of nitrogens with one attached hydrogen (secondary N) is 2. The number of amides is 1. The van der Waals surface area contributed by atoms with Gasteiger partial charge in [0.15, 0.2) is 11.5 Å². The Balaban J connectivity index is 1.36. The monoisotopic (exact) mass is 554 g/mol. The third-order valence-corrected chi connectivity index (χ3v) is 7.72. The number of carbonyl (C=O) groups is 2. The number of rotatable bonds is 11. The molecule has 0 atom stereocenters. The molecule has 0 saturated heterocycles. The van der Waals surface area contributed by atoms with E-state index >= 15 is 0 Å². The van der Waals surface area contributed by atoms with E-state index in [4.69, 9.17) is 4.74 Å². The van der Waals surface area contributed by atoms with Crippen molar-refractivity contribution >= 4 is 45.0 Å². The maximum absolute atomic E-state index is 12.6. The predicted molar refractivity (Wildman–Crippen MR) is 143 cm³/mol. The van der Waals surface area contributed by atoms with Gasteiger partial charge >= 0.3 is 5.97 Å². The summed E-state index contributed by atoms with van der Waals surface area (Å²) in [7, 11) is -3.65. The highest BCUT2D eigenvalue weighted by molar-refractivity contribution is 7.99. The molecule has 0 aliphatic rings. The second kappa shape index (κ2) is 12.2. The zero-order chi connectivity index (χ0) is 27.1. The summed E-state index contributed by atoms with van der Waals surface area (Å²) in [6, 6.07) is 16.7. The van der Waals surface area contributed by atoms with Crippen molar-refractivity contribution in [3.8, 4) is 0 Å². The molecule has 0 aliphatic carbocycles. The first kappa shape index (κ1) is 27.2. The molecular weight excluding hydrogens is 528 g/mol. The first-order chi connectivity index (χ1) is 18.3. The summed E-state index contributed by atoms with van der Waals surface area (Å²) in [5, 5.41) is 16.0. The maximum Gasteiger partial charge on any atom is 0.340 e. The Morgan fingerprint density at radius 3 is 2.55 bits per heavy atom. The largest absolute Gasteiger partial charge is 0.462 e. The molecule has 0 aliphatic heterocycles. The fourth-order valence-corrected chi connectivity index (χ4v) is 5.14. The number of para-hydroxylation sites is 1. The summed E-state index contributed by atoms with van der Waals surface area (Å²) in [6.07, 6.45) is 0.262. The van der Waals surface area contributed by atoms with Crippen molar-refractivity contribution in [3.05, 3.63) is 77.6 Å². The maximum atomic E-state index is 12.6. The summed E-state index contributed by atoms with van der Waals surface area (Å²) in [5.41, 5.74) is 2.12. The third kappa shape index (κ3) is 6.73. The highest BCUT2D eigenvalue weighted by atomic mass is 32.2. The van der Waals surface area contributed by atoms with E-state index < -0.39 is 16.0 Å². The van der Waals surface area contributed by atoms with Crippen LogP contribution in [0.1, 0.15) is 28.7 Å². The molecule has 0 unspecified atom stereocenters. The van der Waals surface area contributed by atoms with Crippen LogP contribution in [0.5, 0.6) is 0 Å². The summed E-state index contributed by atoms with van der Waals surface area (Å²) in [6.45, 7) is 3.94. The van der Waals surface area contributed by atoms with Crippen molar-refractivity contribution in [2.75, 3.05) is 24.2 Å². The van der Waals surface area contributed by atoms with Crippen LogP contribution in [0.25, 0.3) is 5.65 Å². The number of fused-ring (bicyclic) bond motifs is 1. The summed E-state index contributed by atoms with van der Waals surface area (Å²) >= 11 is 1.20. The summed E-state index contributed by atoms with van der Waals surface area (Å²) in [5.74, 6) is -0.307. The van der Waals surface area contributed by atoms with E-state index in [0.29, 0.717) is 22.2 Å². The van der Waals surface area contributed by atoms with Crippen LogP contribution in [0.3, 0.4) is 0 Å². The lowest BCUT2D eigenvalue weighted by Crippen LogP contribution is -2.26. The second-order valence-electron chi connectivity index (χ2n) is 8.12. The van der Waals surface area contributed by atoms with E-state index in [1.165, 1.54) is 16.3 Å². The van der Waals surface area contributed by atoms with Crippen molar-refractivity contribution in [2.24, 2.45) is 0 Å². The van der Waals surface area contributed by atoms with Crippen molar-refractivity contribution in [3.63, 3.8) is 0 Å². The number of carbonyl (C=O) groups excluding carboxylic acids is 2. The number of hydrogen-bond donors (Lipinski definition) is 2. The van der Waals surface area contributed by atoms with Gasteiger partial charge in [0.05, 0.1) is 28.5 Å². The van der Waals surface area contributed by atoms with Crippen molar-refractivity contribution in [1.82, 2.24) is 24.5 Å². The van der Waals surface area contributed by atoms with Gasteiger partial charge in [-0.05, 0) is 50.2 Å². The molecule has 2 aromatic heterocycles. The number of hydrogen-bond acceptors (Lipinski definition) is 9. The number of aryl methyl sites for hydroxylation is 1. The van der Waals surface area contributed by atoms with Gasteiger partial charge in [0.2, 0.25) is 15.9 Å². The van der Waals surface area contributed by atoms with Crippen LogP contribution in [-0.2, 0) is 26.0 Å². The Labute approximate surface area is 224 Å². The number of thioether (sulfide) groups is 1. The number of esters is 1. The molecular formula is C25H26N6O5S2. The van der Waals surface area contributed by atoms with Crippen LogP contribution in [-0.4, -0.2) is 59.0 Å². The Hall–Kier alpha value is -3.81. The molecule has 2 aromatic carbocycles. The van der Waals surface area contributed by atoms with Crippen LogP contribution in [0.4, 0.5) is 5.69 Å². The molecule has 1 amide bonds. The highest BCUT2D eigenvalue weighted by Crippen LogP contribution is 2.19. The Morgan fingerprint density at radius 1 is 1.03 bits per heavy atom. The molecule has 0 fully saturated rings. The molecule has 0 saturated carbocycles. The lowest BCUT2D eigenvalue weighted by Gasteiger charge is -2.10. The Bertz CT molecular complexity index is 1550.